The molecule has 70 valence electrons. The topological polar surface area (TPSA) is 12.5 Å². The van der Waals surface area contributed by atoms with Crippen molar-refractivity contribution in [3.63, 3.8) is 0 Å². The van der Waals surface area contributed by atoms with Crippen molar-refractivity contribution in [1.82, 2.24) is 0 Å². The molecule has 1 aromatic rings. The molecule has 1 aliphatic heterocycles. The second-order valence-corrected chi connectivity index (χ2v) is 3.90. The lowest BCUT2D eigenvalue weighted by molar-refractivity contribution is 0.426. The molecule has 13 heavy (non-hydrogen) atoms. The average Bonchev–Trinajstić information content (AvgIpc) is 2.86. The van der Waals surface area contributed by atoms with Gasteiger partial charge in [-0.3, -0.25) is 0 Å². The molecule has 1 fully saturated rings. The Morgan fingerprint density at radius 2 is 2.23 bits per heavy atom. The molecule has 1 atom stereocenters. The van der Waals surface area contributed by atoms with E-state index in [0.717, 1.165) is 18.4 Å². The van der Waals surface area contributed by atoms with Gasteiger partial charge in [0.25, 0.3) is 0 Å². The van der Waals surface area contributed by atoms with Crippen molar-refractivity contribution < 1.29 is 13.5 Å². The highest BCUT2D eigenvalue weighted by Crippen LogP contribution is 2.26. The van der Waals surface area contributed by atoms with Crippen LogP contribution in [0.5, 0.6) is 0 Å². The molecular formula is C9H8F2OS. The summed E-state index contributed by atoms with van der Waals surface area (Å²) in [5, 5.41) is 0. The SMILES string of the molecule is Fc1ccc(SC[C@@H]2CO2)c(F)c1. The van der Waals surface area contributed by atoms with E-state index in [1.165, 1.54) is 23.9 Å². The number of halogens is 2. The van der Waals surface area contributed by atoms with E-state index >= 15 is 0 Å². The third kappa shape index (κ3) is 2.42. The molecule has 0 bridgehead atoms. The van der Waals surface area contributed by atoms with Crippen LogP contribution in [0.25, 0.3) is 0 Å². The summed E-state index contributed by atoms with van der Waals surface area (Å²) < 4.78 is 30.5. The van der Waals surface area contributed by atoms with Crippen LogP contribution in [0.3, 0.4) is 0 Å². The molecule has 2 rings (SSSR count). The average molecular weight is 202 g/mol. The summed E-state index contributed by atoms with van der Waals surface area (Å²) in [6, 6.07) is 3.62. The molecule has 0 saturated carbocycles. The summed E-state index contributed by atoms with van der Waals surface area (Å²) in [6.07, 6.45) is 0.259. The smallest absolute Gasteiger partial charge is 0.139 e. The quantitative estimate of drug-likeness (QED) is 0.551. The summed E-state index contributed by atoms with van der Waals surface area (Å²) in [6.45, 7) is 0.760. The lowest BCUT2D eigenvalue weighted by Crippen LogP contribution is -1.91. The molecule has 1 aromatic carbocycles. The summed E-state index contributed by atoms with van der Waals surface area (Å²) >= 11 is 1.36. The van der Waals surface area contributed by atoms with Gasteiger partial charge in [0.15, 0.2) is 0 Å². The van der Waals surface area contributed by atoms with Crippen molar-refractivity contribution in [1.29, 1.82) is 0 Å². The van der Waals surface area contributed by atoms with Gasteiger partial charge in [0.2, 0.25) is 0 Å². The number of hydrogen-bond acceptors (Lipinski definition) is 2. The zero-order valence-electron chi connectivity index (χ0n) is 6.80. The normalized spacial score (nSPS) is 20.3. The van der Waals surface area contributed by atoms with Crippen LogP contribution < -0.4 is 0 Å². The molecule has 1 aliphatic rings. The largest absolute Gasteiger partial charge is 0.372 e. The molecule has 1 nitrogen and oxygen atoms in total. The van der Waals surface area contributed by atoms with Gasteiger partial charge in [0.1, 0.15) is 11.6 Å². The molecule has 0 unspecified atom stereocenters. The molecule has 0 N–H and O–H groups in total. The highest BCUT2D eigenvalue weighted by Gasteiger charge is 2.22. The molecule has 0 spiro atoms. The Bertz CT molecular complexity index is 312. The third-order valence-electron chi connectivity index (χ3n) is 1.72. The molecule has 1 heterocycles. The predicted molar refractivity (Wildman–Crippen MR) is 46.8 cm³/mol. The van der Waals surface area contributed by atoms with Crippen molar-refractivity contribution >= 4 is 11.8 Å². The van der Waals surface area contributed by atoms with Crippen LogP contribution in [0, 0.1) is 11.6 Å². The molecule has 0 aliphatic carbocycles. The molecule has 1 saturated heterocycles. The van der Waals surface area contributed by atoms with Crippen LogP contribution in [-0.4, -0.2) is 18.5 Å². The van der Waals surface area contributed by atoms with Gasteiger partial charge in [0, 0.05) is 16.7 Å². The Labute approximate surface area is 79.1 Å². The third-order valence-corrected chi connectivity index (χ3v) is 2.90. The maximum absolute atomic E-state index is 13.0. The van der Waals surface area contributed by atoms with Gasteiger partial charge in [-0.15, -0.1) is 11.8 Å². The zero-order chi connectivity index (χ0) is 9.26. The first-order valence-corrected chi connectivity index (χ1v) is 4.94. The van der Waals surface area contributed by atoms with E-state index in [2.05, 4.69) is 0 Å². The van der Waals surface area contributed by atoms with Gasteiger partial charge in [-0.2, -0.15) is 0 Å². The first kappa shape index (κ1) is 8.97. The fourth-order valence-corrected chi connectivity index (χ4v) is 1.86. The van der Waals surface area contributed by atoms with Crippen molar-refractivity contribution in [2.75, 3.05) is 12.4 Å². The standard InChI is InChI=1S/C9H8F2OS/c10-6-1-2-9(8(11)3-6)13-5-7-4-12-7/h1-3,7H,4-5H2/t7-/m0/s1. The molecule has 4 heteroatoms. The number of benzene rings is 1. The van der Waals surface area contributed by atoms with Crippen LogP contribution in [0.15, 0.2) is 23.1 Å². The Balaban J connectivity index is 2.01. The Kier molecular flexibility index (Phi) is 2.51. The predicted octanol–water partition coefficient (Wildman–Crippen LogP) is 2.46. The highest BCUT2D eigenvalue weighted by molar-refractivity contribution is 7.99. The first-order valence-electron chi connectivity index (χ1n) is 3.95. The van der Waals surface area contributed by atoms with Crippen LogP contribution >= 0.6 is 11.8 Å². The molecular weight excluding hydrogens is 194 g/mol. The fourth-order valence-electron chi connectivity index (χ4n) is 0.939. The monoisotopic (exact) mass is 202 g/mol. The van der Waals surface area contributed by atoms with E-state index in [1.807, 2.05) is 0 Å². The van der Waals surface area contributed by atoms with E-state index < -0.39 is 11.6 Å². The molecule has 0 amide bonds. The second-order valence-electron chi connectivity index (χ2n) is 2.84. The minimum Gasteiger partial charge on any atom is -0.372 e. The minimum absolute atomic E-state index is 0.259. The van der Waals surface area contributed by atoms with Gasteiger partial charge in [-0.25, -0.2) is 8.78 Å². The molecule has 0 aromatic heterocycles. The molecule has 0 radical (unpaired) electrons. The van der Waals surface area contributed by atoms with Gasteiger partial charge < -0.3 is 4.74 Å². The van der Waals surface area contributed by atoms with Gasteiger partial charge in [-0.05, 0) is 12.1 Å². The first-order chi connectivity index (χ1) is 6.25. The van der Waals surface area contributed by atoms with Crippen LogP contribution in [-0.2, 0) is 4.74 Å². The summed E-state index contributed by atoms with van der Waals surface area (Å²) in [4.78, 5) is 0.483. The van der Waals surface area contributed by atoms with E-state index in [0.29, 0.717) is 4.90 Å². The van der Waals surface area contributed by atoms with E-state index in [1.54, 1.807) is 0 Å². The minimum atomic E-state index is -0.537. The Hall–Kier alpha value is -0.610. The maximum atomic E-state index is 13.0. The van der Waals surface area contributed by atoms with Crippen molar-refractivity contribution in [3.8, 4) is 0 Å². The highest BCUT2D eigenvalue weighted by atomic mass is 32.2. The Morgan fingerprint density at radius 1 is 1.46 bits per heavy atom. The van der Waals surface area contributed by atoms with Gasteiger partial charge in [-0.1, -0.05) is 0 Å². The lowest BCUT2D eigenvalue weighted by Gasteiger charge is -2.00. The van der Waals surface area contributed by atoms with Gasteiger partial charge in [0.05, 0.1) is 12.7 Å². The summed E-state index contributed by atoms with van der Waals surface area (Å²) in [5.41, 5.74) is 0. The number of rotatable bonds is 3. The van der Waals surface area contributed by atoms with Gasteiger partial charge >= 0.3 is 0 Å². The number of epoxide rings is 1. The van der Waals surface area contributed by atoms with E-state index in [-0.39, 0.29) is 6.10 Å². The number of thioether (sulfide) groups is 1. The van der Waals surface area contributed by atoms with Crippen LogP contribution in [0.2, 0.25) is 0 Å². The van der Waals surface area contributed by atoms with Crippen molar-refractivity contribution in [2.24, 2.45) is 0 Å². The number of hydrogen-bond donors (Lipinski definition) is 0. The maximum Gasteiger partial charge on any atom is 0.139 e. The number of ether oxygens (including phenoxy) is 1. The Morgan fingerprint density at radius 3 is 2.85 bits per heavy atom. The lowest BCUT2D eigenvalue weighted by atomic mass is 10.3. The van der Waals surface area contributed by atoms with Crippen LogP contribution in [0.4, 0.5) is 8.78 Å². The van der Waals surface area contributed by atoms with E-state index in [9.17, 15) is 8.78 Å². The zero-order valence-corrected chi connectivity index (χ0v) is 7.61. The van der Waals surface area contributed by atoms with Crippen molar-refractivity contribution in [3.05, 3.63) is 29.8 Å². The summed E-state index contributed by atoms with van der Waals surface area (Å²) in [5.74, 6) is -0.294. The van der Waals surface area contributed by atoms with Crippen molar-refractivity contribution in [2.45, 2.75) is 11.0 Å². The fraction of sp³-hybridized carbons (Fsp3) is 0.333. The van der Waals surface area contributed by atoms with Crippen LogP contribution in [0.1, 0.15) is 0 Å². The summed E-state index contributed by atoms with van der Waals surface area (Å²) in [7, 11) is 0. The second kappa shape index (κ2) is 3.64. The van der Waals surface area contributed by atoms with E-state index in [4.69, 9.17) is 4.74 Å².